The zero-order chi connectivity index (χ0) is 11.3. The van der Waals surface area contributed by atoms with Crippen LogP contribution in [0, 0.1) is 0 Å². The molecule has 1 aromatic rings. The summed E-state index contributed by atoms with van der Waals surface area (Å²) in [6, 6.07) is 7.94. The molecule has 1 aromatic carbocycles. The SMILES string of the molecule is C=C(O)CCc1ccc(OC(C)C)cc1. The Kier molecular flexibility index (Phi) is 4.22. The Balaban J connectivity index is 2.52. The molecule has 0 bridgehead atoms. The van der Waals surface area contributed by atoms with Gasteiger partial charge in [0.05, 0.1) is 11.9 Å². The van der Waals surface area contributed by atoms with Gasteiger partial charge in [-0.25, -0.2) is 0 Å². The van der Waals surface area contributed by atoms with Crippen molar-refractivity contribution < 1.29 is 9.84 Å². The van der Waals surface area contributed by atoms with Gasteiger partial charge in [-0.2, -0.15) is 0 Å². The fourth-order valence-corrected chi connectivity index (χ4v) is 1.30. The van der Waals surface area contributed by atoms with Gasteiger partial charge in [0.15, 0.2) is 0 Å². The number of aliphatic hydroxyl groups is 1. The van der Waals surface area contributed by atoms with E-state index in [-0.39, 0.29) is 11.9 Å². The molecule has 0 fully saturated rings. The predicted molar refractivity (Wildman–Crippen MR) is 62.3 cm³/mol. The summed E-state index contributed by atoms with van der Waals surface area (Å²) in [5.41, 5.74) is 1.18. The molecule has 0 aliphatic rings. The molecule has 0 saturated carbocycles. The van der Waals surface area contributed by atoms with Crippen LogP contribution in [0.2, 0.25) is 0 Å². The third-order valence-corrected chi connectivity index (χ3v) is 2.00. The van der Waals surface area contributed by atoms with E-state index in [4.69, 9.17) is 9.84 Å². The zero-order valence-corrected chi connectivity index (χ0v) is 9.36. The molecule has 0 heterocycles. The third kappa shape index (κ3) is 4.54. The lowest BCUT2D eigenvalue weighted by atomic mass is 10.1. The normalized spacial score (nSPS) is 10.3. The first-order valence-corrected chi connectivity index (χ1v) is 5.20. The Morgan fingerprint density at radius 1 is 1.33 bits per heavy atom. The lowest BCUT2D eigenvalue weighted by Gasteiger charge is -2.09. The van der Waals surface area contributed by atoms with Crippen LogP contribution in [0.1, 0.15) is 25.8 Å². The number of benzene rings is 1. The summed E-state index contributed by atoms with van der Waals surface area (Å²) in [7, 11) is 0. The van der Waals surface area contributed by atoms with Gasteiger partial charge < -0.3 is 9.84 Å². The highest BCUT2D eigenvalue weighted by molar-refractivity contribution is 5.27. The second kappa shape index (κ2) is 5.44. The predicted octanol–water partition coefficient (Wildman–Crippen LogP) is 3.48. The molecule has 2 nitrogen and oxygen atoms in total. The van der Waals surface area contributed by atoms with Gasteiger partial charge in [-0.3, -0.25) is 0 Å². The van der Waals surface area contributed by atoms with Gasteiger partial charge >= 0.3 is 0 Å². The molecule has 0 spiro atoms. The van der Waals surface area contributed by atoms with E-state index in [1.807, 2.05) is 38.1 Å². The van der Waals surface area contributed by atoms with Crippen molar-refractivity contribution in [1.82, 2.24) is 0 Å². The summed E-state index contributed by atoms with van der Waals surface area (Å²) in [5, 5.41) is 8.97. The highest BCUT2D eigenvalue weighted by Gasteiger charge is 1.98. The highest BCUT2D eigenvalue weighted by atomic mass is 16.5. The van der Waals surface area contributed by atoms with Crippen LogP contribution in [0.15, 0.2) is 36.6 Å². The minimum atomic E-state index is 0.202. The summed E-state index contributed by atoms with van der Waals surface area (Å²) in [6.07, 6.45) is 1.63. The first kappa shape index (κ1) is 11.6. The lowest BCUT2D eigenvalue weighted by molar-refractivity contribution is 0.242. The van der Waals surface area contributed by atoms with Gasteiger partial charge in [0.25, 0.3) is 0 Å². The number of ether oxygens (including phenoxy) is 1. The average molecular weight is 206 g/mol. The smallest absolute Gasteiger partial charge is 0.119 e. The van der Waals surface area contributed by atoms with Crippen LogP contribution in [0.25, 0.3) is 0 Å². The Bertz CT molecular complexity index is 312. The fraction of sp³-hybridized carbons (Fsp3) is 0.385. The van der Waals surface area contributed by atoms with Gasteiger partial charge in [-0.1, -0.05) is 18.7 Å². The van der Waals surface area contributed by atoms with Crippen molar-refractivity contribution in [2.45, 2.75) is 32.8 Å². The summed E-state index contributed by atoms with van der Waals surface area (Å²) in [6.45, 7) is 7.47. The molecule has 0 aromatic heterocycles. The van der Waals surface area contributed by atoms with E-state index in [1.165, 1.54) is 5.56 Å². The van der Waals surface area contributed by atoms with Crippen LogP contribution in [0.3, 0.4) is 0 Å². The molecule has 1 N–H and O–H groups in total. The van der Waals surface area contributed by atoms with E-state index in [0.29, 0.717) is 6.42 Å². The average Bonchev–Trinajstić information content (AvgIpc) is 2.16. The van der Waals surface area contributed by atoms with Crippen molar-refractivity contribution >= 4 is 0 Å². The van der Waals surface area contributed by atoms with Gasteiger partial charge in [0.2, 0.25) is 0 Å². The van der Waals surface area contributed by atoms with Gasteiger partial charge in [0, 0.05) is 6.42 Å². The Labute approximate surface area is 91.2 Å². The molecular weight excluding hydrogens is 188 g/mol. The Hall–Kier alpha value is -1.44. The number of rotatable bonds is 5. The summed E-state index contributed by atoms with van der Waals surface area (Å²) < 4.78 is 5.53. The summed E-state index contributed by atoms with van der Waals surface area (Å²) in [4.78, 5) is 0. The topological polar surface area (TPSA) is 29.5 Å². The van der Waals surface area contributed by atoms with E-state index < -0.39 is 0 Å². The van der Waals surface area contributed by atoms with E-state index in [0.717, 1.165) is 12.2 Å². The van der Waals surface area contributed by atoms with E-state index in [2.05, 4.69) is 6.58 Å². The van der Waals surface area contributed by atoms with Gasteiger partial charge in [-0.15, -0.1) is 0 Å². The van der Waals surface area contributed by atoms with Gasteiger partial charge in [-0.05, 0) is 38.0 Å². The summed E-state index contributed by atoms with van der Waals surface area (Å²) >= 11 is 0. The van der Waals surface area contributed by atoms with Crippen molar-refractivity contribution in [1.29, 1.82) is 0 Å². The van der Waals surface area contributed by atoms with Crippen molar-refractivity contribution in [2.24, 2.45) is 0 Å². The minimum Gasteiger partial charge on any atom is -0.513 e. The molecule has 0 aliphatic carbocycles. The highest BCUT2D eigenvalue weighted by Crippen LogP contribution is 2.15. The second-order valence-corrected chi connectivity index (χ2v) is 3.88. The molecule has 82 valence electrons. The lowest BCUT2D eigenvalue weighted by Crippen LogP contribution is -2.05. The van der Waals surface area contributed by atoms with E-state index in [1.54, 1.807) is 0 Å². The fourth-order valence-electron chi connectivity index (χ4n) is 1.30. The first-order chi connectivity index (χ1) is 7.08. The Morgan fingerprint density at radius 2 is 1.93 bits per heavy atom. The quantitative estimate of drug-likeness (QED) is 0.747. The van der Waals surface area contributed by atoms with Crippen LogP contribution in [-0.4, -0.2) is 11.2 Å². The van der Waals surface area contributed by atoms with E-state index >= 15 is 0 Å². The Morgan fingerprint density at radius 3 is 2.40 bits per heavy atom. The molecule has 0 saturated heterocycles. The molecule has 0 unspecified atom stereocenters. The van der Waals surface area contributed by atoms with Crippen molar-refractivity contribution in [2.75, 3.05) is 0 Å². The molecule has 0 aliphatic heterocycles. The van der Waals surface area contributed by atoms with Crippen molar-refractivity contribution in [3.05, 3.63) is 42.2 Å². The standard InChI is InChI=1S/C13H18O2/c1-10(2)15-13-8-6-12(7-9-13)5-4-11(3)14/h6-10,14H,3-5H2,1-2H3. The number of hydrogen-bond donors (Lipinski definition) is 1. The molecule has 0 atom stereocenters. The maximum absolute atomic E-state index is 8.97. The number of allylic oxidation sites excluding steroid dienone is 1. The van der Waals surface area contributed by atoms with E-state index in [9.17, 15) is 0 Å². The molecule has 15 heavy (non-hydrogen) atoms. The van der Waals surface area contributed by atoms with Crippen molar-refractivity contribution in [3.8, 4) is 5.75 Å². The van der Waals surface area contributed by atoms with Crippen LogP contribution < -0.4 is 4.74 Å². The maximum atomic E-state index is 8.97. The second-order valence-electron chi connectivity index (χ2n) is 3.88. The molecule has 0 radical (unpaired) electrons. The monoisotopic (exact) mass is 206 g/mol. The van der Waals surface area contributed by atoms with Crippen LogP contribution in [0.4, 0.5) is 0 Å². The molecule has 0 amide bonds. The van der Waals surface area contributed by atoms with Crippen LogP contribution in [0.5, 0.6) is 5.75 Å². The number of hydrogen-bond acceptors (Lipinski definition) is 2. The molecule has 2 heteroatoms. The molecule has 1 rings (SSSR count). The number of aliphatic hydroxyl groups excluding tert-OH is 1. The summed E-state index contributed by atoms with van der Waals surface area (Å²) in [5.74, 6) is 1.12. The maximum Gasteiger partial charge on any atom is 0.119 e. The van der Waals surface area contributed by atoms with Gasteiger partial charge in [0.1, 0.15) is 5.75 Å². The largest absolute Gasteiger partial charge is 0.513 e. The zero-order valence-electron chi connectivity index (χ0n) is 9.36. The first-order valence-electron chi connectivity index (χ1n) is 5.20. The van der Waals surface area contributed by atoms with Crippen molar-refractivity contribution in [3.63, 3.8) is 0 Å². The molecular formula is C13H18O2. The van der Waals surface area contributed by atoms with Crippen LogP contribution in [-0.2, 0) is 6.42 Å². The third-order valence-electron chi connectivity index (χ3n) is 2.00. The number of aryl methyl sites for hydroxylation is 1. The van der Waals surface area contributed by atoms with Crippen LogP contribution >= 0.6 is 0 Å². The minimum absolute atomic E-state index is 0.202.